The number of hydrogen-bond acceptors (Lipinski definition) is 2. The molecule has 0 atom stereocenters. The van der Waals surface area contributed by atoms with Gasteiger partial charge >= 0.3 is 5.97 Å². The summed E-state index contributed by atoms with van der Waals surface area (Å²) in [6.07, 6.45) is -0.0507. The molecule has 0 N–H and O–H groups in total. The Balaban J connectivity index is 5.14. The summed E-state index contributed by atoms with van der Waals surface area (Å²) in [5.41, 5.74) is 2.98. The van der Waals surface area contributed by atoms with Crippen LogP contribution in [-0.4, -0.2) is 20.9 Å². The summed E-state index contributed by atoms with van der Waals surface area (Å²) in [6, 6.07) is 0. The Morgan fingerprint density at radius 3 is 1.72 bits per heavy atom. The molecule has 3 heteroatoms. The second-order valence-electron chi connectivity index (χ2n) is 7.51. The number of esters is 1. The molecule has 0 aliphatic rings. The van der Waals surface area contributed by atoms with Crippen LogP contribution in [0, 0.1) is 0 Å². The molecule has 0 heterocycles. The van der Waals surface area contributed by atoms with Gasteiger partial charge in [0.1, 0.15) is 0 Å². The van der Waals surface area contributed by atoms with E-state index in [1.54, 1.807) is 0 Å². The van der Waals surface area contributed by atoms with E-state index in [9.17, 15) is 4.79 Å². The van der Waals surface area contributed by atoms with Crippen LogP contribution in [0.2, 0.25) is 10.1 Å². The van der Waals surface area contributed by atoms with Crippen LogP contribution in [0.15, 0.2) is 11.3 Å². The van der Waals surface area contributed by atoms with E-state index in [1.807, 2.05) is 20.8 Å². The third-order valence-corrected chi connectivity index (χ3v) is 7.51. The summed E-state index contributed by atoms with van der Waals surface area (Å²) in [5, 5.41) is 0.523. The standard InChI is InChI=1S/C15H30O2Si/c1-11(2)17-13(16)12(3)10-18(14(4,5)6)15(7,8)9/h10-11,18H,1-9H3. The Kier molecular flexibility index (Phi) is 5.85. The highest BCUT2D eigenvalue weighted by atomic mass is 28.3. The Bertz CT molecular complexity index is 302. The molecule has 0 aromatic heterocycles. The molecule has 0 aromatic rings. The van der Waals surface area contributed by atoms with Crippen LogP contribution in [-0.2, 0) is 9.53 Å². The summed E-state index contributed by atoms with van der Waals surface area (Å²) in [6.45, 7) is 19.3. The van der Waals surface area contributed by atoms with Crippen LogP contribution in [0.4, 0.5) is 0 Å². The maximum atomic E-state index is 11.9. The van der Waals surface area contributed by atoms with Crippen molar-refractivity contribution in [2.24, 2.45) is 0 Å². The molecule has 106 valence electrons. The predicted octanol–water partition coefficient (Wildman–Crippen LogP) is 4.25. The second-order valence-corrected chi connectivity index (χ2v) is 12.3. The van der Waals surface area contributed by atoms with Crippen LogP contribution in [0.3, 0.4) is 0 Å². The highest BCUT2D eigenvalue weighted by Crippen LogP contribution is 2.42. The van der Waals surface area contributed by atoms with Gasteiger partial charge in [-0.05, 0) is 30.8 Å². The lowest BCUT2D eigenvalue weighted by Gasteiger charge is -2.37. The predicted molar refractivity (Wildman–Crippen MR) is 81.6 cm³/mol. The van der Waals surface area contributed by atoms with E-state index in [0.717, 1.165) is 5.57 Å². The fourth-order valence-corrected chi connectivity index (χ4v) is 6.66. The van der Waals surface area contributed by atoms with Crippen LogP contribution >= 0.6 is 0 Å². The van der Waals surface area contributed by atoms with Gasteiger partial charge in [-0.15, -0.1) is 0 Å². The van der Waals surface area contributed by atoms with E-state index < -0.39 is 8.80 Å². The molecule has 0 amide bonds. The van der Waals surface area contributed by atoms with Gasteiger partial charge in [0.15, 0.2) is 0 Å². The van der Waals surface area contributed by atoms with Gasteiger partial charge in [-0.25, -0.2) is 4.79 Å². The molecular formula is C15H30O2Si. The molecule has 0 rings (SSSR count). The quantitative estimate of drug-likeness (QED) is 0.435. The maximum Gasteiger partial charge on any atom is 0.333 e. The normalized spacial score (nSPS) is 14.3. The summed E-state index contributed by atoms with van der Waals surface area (Å²) < 4.78 is 5.25. The fraction of sp³-hybridized carbons (Fsp3) is 0.800. The van der Waals surface area contributed by atoms with Crippen molar-refractivity contribution >= 4 is 14.8 Å². The minimum absolute atomic E-state index is 0.0507. The zero-order chi connectivity index (χ0) is 14.7. The molecule has 0 spiro atoms. The SMILES string of the molecule is CC(=C[SiH](C(C)(C)C)C(C)(C)C)C(=O)OC(C)C. The zero-order valence-corrected chi connectivity index (χ0v) is 14.7. The van der Waals surface area contributed by atoms with Crippen molar-refractivity contribution < 1.29 is 9.53 Å². The van der Waals surface area contributed by atoms with E-state index in [0.29, 0.717) is 0 Å². The molecule has 0 bridgehead atoms. The van der Waals surface area contributed by atoms with Gasteiger partial charge in [0.25, 0.3) is 0 Å². The molecule has 0 aliphatic carbocycles. The van der Waals surface area contributed by atoms with Crippen LogP contribution in [0.5, 0.6) is 0 Å². The minimum Gasteiger partial charge on any atom is -0.460 e. The van der Waals surface area contributed by atoms with Crippen molar-refractivity contribution in [2.45, 2.75) is 78.5 Å². The fourth-order valence-electron chi connectivity index (χ4n) is 2.42. The summed E-state index contributed by atoms with van der Waals surface area (Å²) in [5.74, 6) is -0.170. The smallest absolute Gasteiger partial charge is 0.333 e. The lowest BCUT2D eigenvalue weighted by molar-refractivity contribution is -0.142. The number of hydrogen-bond donors (Lipinski definition) is 0. The third kappa shape index (κ3) is 5.85. The van der Waals surface area contributed by atoms with Crippen molar-refractivity contribution in [1.29, 1.82) is 0 Å². The Morgan fingerprint density at radius 2 is 1.44 bits per heavy atom. The highest BCUT2D eigenvalue weighted by molar-refractivity contribution is 6.70. The number of rotatable bonds is 3. The Labute approximate surface area is 114 Å². The van der Waals surface area contributed by atoms with Gasteiger partial charge in [-0.1, -0.05) is 47.2 Å². The van der Waals surface area contributed by atoms with Gasteiger partial charge in [0, 0.05) is 5.57 Å². The number of ether oxygens (including phenoxy) is 1. The van der Waals surface area contributed by atoms with E-state index in [-0.39, 0.29) is 22.1 Å². The van der Waals surface area contributed by atoms with Crippen molar-refractivity contribution in [2.75, 3.05) is 0 Å². The molecular weight excluding hydrogens is 240 g/mol. The Morgan fingerprint density at radius 1 is 1.06 bits per heavy atom. The van der Waals surface area contributed by atoms with Gasteiger partial charge in [-0.2, -0.15) is 0 Å². The topological polar surface area (TPSA) is 26.3 Å². The molecule has 0 saturated carbocycles. The van der Waals surface area contributed by atoms with Crippen molar-refractivity contribution in [3.63, 3.8) is 0 Å². The number of carbonyl (C=O) groups is 1. The minimum atomic E-state index is -1.23. The van der Waals surface area contributed by atoms with Crippen LogP contribution in [0.1, 0.15) is 62.3 Å². The summed E-state index contributed by atoms with van der Waals surface area (Å²) >= 11 is 0. The first-order valence-electron chi connectivity index (χ1n) is 6.75. The van der Waals surface area contributed by atoms with E-state index in [1.165, 1.54) is 0 Å². The van der Waals surface area contributed by atoms with Gasteiger partial charge in [0.05, 0.1) is 14.9 Å². The molecule has 0 saturated heterocycles. The first kappa shape index (κ1) is 17.4. The zero-order valence-electron chi connectivity index (χ0n) is 13.5. The van der Waals surface area contributed by atoms with E-state index >= 15 is 0 Å². The van der Waals surface area contributed by atoms with Gasteiger partial charge in [0.2, 0.25) is 0 Å². The highest BCUT2D eigenvalue weighted by Gasteiger charge is 2.35. The molecule has 0 radical (unpaired) electrons. The van der Waals surface area contributed by atoms with Gasteiger partial charge < -0.3 is 4.74 Å². The second kappa shape index (κ2) is 6.05. The molecule has 0 aromatic carbocycles. The monoisotopic (exact) mass is 270 g/mol. The molecule has 0 fully saturated rings. The molecule has 0 aliphatic heterocycles. The molecule has 18 heavy (non-hydrogen) atoms. The van der Waals surface area contributed by atoms with Crippen molar-refractivity contribution in [3.8, 4) is 0 Å². The average molecular weight is 270 g/mol. The molecule has 2 nitrogen and oxygen atoms in total. The molecule has 0 unspecified atom stereocenters. The summed E-state index contributed by atoms with van der Waals surface area (Å²) in [4.78, 5) is 11.9. The first-order chi connectivity index (χ1) is 7.85. The average Bonchev–Trinajstić information content (AvgIpc) is 2.08. The van der Waals surface area contributed by atoms with Crippen molar-refractivity contribution in [1.82, 2.24) is 0 Å². The van der Waals surface area contributed by atoms with Crippen LogP contribution in [0.25, 0.3) is 0 Å². The number of carbonyl (C=O) groups excluding carboxylic acids is 1. The van der Waals surface area contributed by atoms with Gasteiger partial charge in [-0.3, -0.25) is 0 Å². The largest absolute Gasteiger partial charge is 0.460 e. The first-order valence-corrected chi connectivity index (χ1v) is 8.57. The summed E-state index contributed by atoms with van der Waals surface area (Å²) in [7, 11) is -1.23. The van der Waals surface area contributed by atoms with E-state index in [2.05, 4.69) is 47.2 Å². The lowest BCUT2D eigenvalue weighted by atomic mass is 10.2. The van der Waals surface area contributed by atoms with Crippen molar-refractivity contribution in [3.05, 3.63) is 11.3 Å². The van der Waals surface area contributed by atoms with Crippen LogP contribution < -0.4 is 0 Å². The lowest BCUT2D eigenvalue weighted by Crippen LogP contribution is -2.34. The van der Waals surface area contributed by atoms with E-state index in [4.69, 9.17) is 4.74 Å². The third-order valence-electron chi connectivity index (χ3n) is 2.95. The maximum absolute atomic E-state index is 11.9. The Hall–Kier alpha value is -0.573.